The van der Waals surface area contributed by atoms with Crippen molar-refractivity contribution in [3.63, 3.8) is 0 Å². The summed E-state index contributed by atoms with van der Waals surface area (Å²) < 4.78 is 67.8. The second-order valence-electron chi connectivity index (χ2n) is 31.0. The molecule has 94 heavy (non-hydrogen) atoms. The summed E-state index contributed by atoms with van der Waals surface area (Å²) in [4.78, 5) is 27.8. The minimum absolute atomic E-state index is 0.0226. The quantitative estimate of drug-likeness (QED) is 0.0169. The van der Waals surface area contributed by atoms with Gasteiger partial charge in [-0.2, -0.15) is 8.42 Å². The summed E-state index contributed by atoms with van der Waals surface area (Å²) in [6.07, 6.45) is 26.3. The molecule has 7 N–H and O–H groups in total. The average Bonchev–Trinajstić information content (AvgIpc) is 0.790. The van der Waals surface area contributed by atoms with Gasteiger partial charge in [0.25, 0.3) is 0 Å². The molecule has 0 saturated carbocycles. The molecule has 0 bridgehead atoms. The summed E-state index contributed by atoms with van der Waals surface area (Å²) in [5.41, 5.74) is 0. The third-order valence-corrected chi connectivity index (χ3v) is 20.9. The maximum atomic E-state index is 14.2. The molecule has 0 amide bonds. The highest BCUT2D eigenvalue weighted by molar-refractivity contribution is 7.80. The minimum atomic E-state index is -5.33. The third kappa shape index (κ3) is 39.4. The van der Waals surface area contributed by atoms with Gasteiger partial charge in [-0.15, -0.1) is 0 Å². The number of unbranched alkanes of at least 4 members (excludes halogenated alkanes) is 26. The van der Waals surface area contributed by atoms with Gasteiger partial charge in [-0.3, -0.25) is 14.1 Å². The lowest BCUT2D eigenvalue weighted by Crippen LogP contribution is -2.65. The van der Waals surface area contributed by atoms with Gasteiger partial charge in [-0.25, -0.2) is 4.18 Å². The van der Waals surface area contributed by atoms with Gasteiger partial charge in [-0.1, -0.05) is 256 Å². The van der Waals surface area contributed by atoms with Crippen LogP contribution in [0.3, 0.4) is 0 Å². The molecule has 0 aromatic heterocycles. The maximum absolute atomic E-state index is 14.2. The van der Waals surface area contributed by atoms with Gasteiger partial charge < -0.3 is 54.3 Å². The molecule has 0 aromatic carbocycles. The van der Waals surface area contributed by atoms with Crippen LogP contribution in [-0.4, -0.2) is 136 Å². The zero-order chi connectivity index (χ0) is 70.0. The van der Waals surface area contributed by atoms with Crippen molar-refractivity contribution in [3.05, 3.63) is 0 Å². The Morgan fingerprint density at radius 3 is 1.12 bits per heavy atom. The minimum Gasteiger partial charge on any atom is -0.455 e. The Labute approximate surface area is 574 Å². The van der Waals surface area contributed by atoms with E-state index in [2.05, 4.69) is 80.3 Å². The number of carbonyl (C=O) groups is 2. The van der Waals surface area contributed by atoms with Crippen molar-refractivity contribution in [2.24, 2.45) is 59.2 Å². The molecule has 17 nitrogen and oxygen atoms in total. The summed E-state index contributed by atoms with van der Waals surface area (Å²) in [7, 11) is -5.33. The molecule has 0 spiro atoms. The Bertz CT molecular complexity index is 1980. The van der Waals surface area contributed by atoms with Gasteiger partial charge in [0, 0.05) is 6.42 Å². The van der Waals surface area contributed by atoms with Crippen LogP contribution >= 0.6 is 0 Å². The lowest BCUT2D eigenvalue weighted by atomic mass is 9.79. The summed E-state index contributed by atoms with van der Waals surface area (Å²) in [5, 5.41) is 64.5. The number of aliphatic hydroxyl groups excluding tert-OH is 6. The Hall–Kier alpha value is -1.55. The highest BCUT2D eigenvalue weighted by atomic mass is 32.3. The molecule has 21 atom stereocenters. The summed E-state index contributed by atoms with van der Waals surface area (Å²) in [6.45, 7) is 25.4. The number of ether oxygens (including phenoxy) is 5. The fourth-order valence-corrected chi connectivity index (χ4v) is 16.3. The normalized spacial score (nSPS) is 25.6. The predicted octanol–water partition coefficient (Wildman–Crippen LogP) is 16.5. The van der Waals surface area contributed by atoms with Gasteiger partial charge in [0.15, 0.2) is 24.6 Å². The van der Waals surface area contributed by atoms with E-state index >= 15 is 0 Å². The molecule has 2 rings (SSSR count). The second kappa shape index (κ2) is 51.6. The highest BCUT2D eigenvalue weighted by Crippen LogP contribution is 2.36. The first-order valence-corrected chi connectivity index (χ1v) is 40.1. The van der Waals surface area contributed by atoms with Crippen LogP contribution in [0.2, 0.25) is 0 Å². The zero-order valence-corrected chi connectivity index (χ0v) is 62.6. The molecule has 0 unspecified atom stereocenters. The zero-order valence-electron chi connectivity index (χ0n) is 61.7. The summed E-state index contributed by atoms with van der Waals surface area (Å²) in [6, 6.07) is 0. The standard InChI is InChI=1S/C76H146O17S/c1-13-15-17-19-21-23-25-27-28-30-32-34-36-38-40-42-67(80)90-71-69(82)66(53-78)89-76(92-75-72(93-94(85,86)87)70(83)68(81)65(52-77)88-75)73(71)91-74(84)63(12)51-61(10)49-59(8)47-57(6)45-55(4)43-54(3)44-56(5)46-58(7)48-60(9)50-62(11)64(79)41-39-37-35-33-31-29-26-24-22-20-18-16-14-2/h54-66,68-73,75-79,81-83H,13-53H2,1-12H3,(H,85,86,87)/t54-,55+,56-,57+,58-,59+,60-,61+,62-,63+,64+,65+,66-,68+,69-,70-,71+,72+,73-,75+,76-/m0/s1. The number of hydrogen-bond acceptors (Lipinski definition) is 16. The van der Waals surface area contributed by atoms with E-state index in [9.17, 15) is 53.2 Å². The Kier molecular flexibility index (Phi) is 48.6. The van der Waals surface area contributed by atoms with Crippen molar-refractivity contribution in [1.29, 1.82) is 0 Å². The Morgan fingerprint density at radius 1 is 0.415 bits per heavy atom. The second-order valence-corrected chi connectivity index (χ2v) is 32.1. The lowest BCUT2D eigenvalue weighted by Gasteiger charge is -2.46. The van der Waals surface area contributed by atoms with Crippen molar-refractivity contribution in [2.45, 2.75) is 401 Å². The van der Waals surface area contributed by atoms with E-state index < -0.39 is 103 Å². The van der Waals surface area contributed by atoms with Gasteiger partial charge in [-0.05, 0) is 124 Å². The molecule has 0 radical (unpaired) electrons. The monoisotopic (exact) mass is 1360 g/mol. The number of carbonyl (C=O) groups excluding carboxylic acids is 2. The molecule has 2 aliphatic heterocycles. The largest absolute Gasteiger partial charge is 0.455 e. The molecule has 2 heterocycles. The first kappa shape index (κ1) is 88.5. The highest BCUT2D eigenvalue weighted by Gasteiger charge is 2.55. The number of hydrogen-bond donors (Lipinski definition) is 7. The summed E-state index contributed by atoms with van der Waals surface area (Å²) in [5.74, 6) is 2.23. The van der Waals surface area contributed by atoms with Crippen molar-refractivity contribution < 1.29 is 81.1 Å². The fourth-order valence-electron chi connectivity index (χ4n) is 15.8. The topological polar surface area (TPSA) is 265 Å². The molecule has 2 fully saturated rings. The lowest BCUT2D eigenvalue weighted by molar-refractivity contribution is -0.374. The maximum Gasteiger partial charge on any atom is 0.397 e. The van der Waals surface area contributed by atoms with E-state index in [-0.39, 0.29) is 18.4 Å². The molecular formula is C76H146O17S. The van der Waals surface area contributed by atoms with Crippen molar-refractivity contribution in [2.75, 3.05) is 13.2 Å². The smallest absolute Gasteiger partial charge is 0.397 e. The van der Waals surface area contributed by atoms with Crippen LogP contribution < -0.4 is 0 Å². The first-order valence-electron chi connectivity index (χ1n) is 38.7. The SMILES string of the molecule is CCCCCCCCCCCCCCCCCC(=O)O[C@@H]1[C@@H](O)[C@H](CO)O[C@@H](O[C@H]2O[C@H](CO)[C@@H](O)[C@H](O)[C@H]2OS(=O)(=O)O)[C@H]1OC(=O)[C@H](C)C[C@H](C)C[C@H](C)C[C@H](C)C[C@H](C)C[C@H](C)C[C@H](C)C[C@H](C)C[C@H](C)C[C@H](C)[C@H](O)CCCCCCCCCCCCCCC. The molecule has 18 heteroatoms. The molecule has 2 aliphatic rings. The van der Waals surface area contributed by atoms with Crippen LogP contribution in [0.4, 0.5) is 0 Å². The molecule has 558 valence electrons. The molecule has 0 aromatic rings. The van der Waals surface area contributed by atoms with E-state index in [1.807, 2.05) is 0 Å². The van der Waals surface area contributed by atoms with Crippen molar-refractivity contribution >= 4 is 22.3 Å². The van der Waals surface area contributed by atoms with E-state index in [1.54, 1.807) is 6.92 Å². The number of rotatable bonds is 58. The fraction of sp³-hybridized carbons (Fsp3) is 0.974. The van der Waals surface area contributed by atoms with Crippen LogP contribution in [0.15, 0.2) is 0 Å². The van der Waals surface area contributed by atoms with Gasteiger partial charge in [0.05, 0.1) is 25.2 Å². The van der Waals surface area contributed by atoms with Crippen molar-refractivity contribution in [3.8, 4) is 0 Å². The predicted molar refractivity (Wildman–Crippen MR) is 376 cm³/mol. The molecule has 2 saturated heterocycles. The average molecular weight is 1360 g/mol. The number of esters is 2. The van der Waals surface area contributed by atoms with Crippen LogP contribution in [0, 0.1) is 59.2 Å². The van der Waals surface area contributed by atoms with E-state index in [1.165, 1.54) is 167 Å². The molecule has 0 aliphatic carbocycles. The first-order chi connectivity index (χ1) is 44.7. The van der Waals surface area contributed by atoms with Crippen LogP contribution in [0.1, 0.15) is 333 Å². The van der Waals surface area contributed by atoms with E-state index in [4.69, 9.17) is 23.7 Å². The number of aliphatic hydroxyl groups is 6. The third-order valence-electron chi connectivity index (χ3n) is 20.5. The van der Waals surface area contributed by atoms with Gasteiger partial charge in [0.2, 0.25) is 6.29 Å². The summed E-state index contributed by atoms with van der Waals surface area (Å²) >= 11 is 0. The van der Waals surface area contributed by atoms with Crippen LogP contribution in [0.5, 0.6) is 0 Å². The van der Waals surface area contributed by atoms with Crippen molar-refractivity contribution in [1.82, 2.24) is 0 Å². The van der Waals surface area contributed by atoms with E-state index in [0.717, 1.165) is 64.2 Å². The van der Waals surface area contributed by atoms with E-state index in [0.29, 0.717) is 60.2 Å². The van der Waals surface area contributed by atoms with Crippen LogP contribution in [-0.2, 0) is 47.9 Å². The Morgan fingerprint density at radius 2 is 0.745 bits per heavy atom. The Balaban J connectivity index is 1.94. The van der Waals surface area contributed by atoms with Crippen LogP contribution in [0.25, 0.3) is 0 Å². The molecular weight excluding hydrogens is 1220 g/mol. The van der Waals surface area contributed by atoms with Gasteiger partial charge in [0.1, 0.15) is 30.5 Å². The van der Waals surface area contributed by atoms with Gasteiger partial charge >= 0.3 is 22.3 Å².